The van der Waals surface area contributed by atoms with E-state index in [2.05, 4.69) is 57.3 Å². The molecule has 2 nitrogen and oxygen atoms in total. The van der Waals surface area contributed by atoms with Gasteiger partial charge in [0, 0.05) is 17.5 Å². The third-order valence-corrected chi connectivity index (χ3v) is 2.88. The molecule has 0 saturated carbocycles. The number of aromatic nitrogens is 1. The van der Waals surface area contributed by atoms with Crippen molar-refractivity contribution in [2.75, 3.05) is 11.9 Å². The highest BCUT2D eigenvalue weighted by molar-refractivity contribution is 5.82. The van der Waals surface area contributed by atoms with E-state index in [1.165, 1.54) is 10.9 Å². The molecule has 0 spiro atoms. The molecule has 0 radical (unpaired) electrons. The Labute approximate surface area is 103 Å². The summed E-state index contributed by atoms with van der Waals surface area (Å²) in [6, 6.07) is 10.5. The minimum Gasteiger partial charge on any atom is -0.370 e. The van der Waals surface area contributed by atoms with Crippen molar-refractivity contribution in [1.82, 2.24) is 4.98 Å². The van der Waals surface area contributed by atoms with E-state index in [9.17, 15) is 0 Å². The van der Waals surface area contributed by atoms with Crippen molar-refractivity contribution in [3.63, 3.8) is 0 Å². The van der Waals surface area contributed by atoms with Crippen molar-refractivity contribution in [2.45, 2.75) is 33.1 Å². The van der Waals surface area contributed by atoms with Crippen molar-refractivity contribution < 1.29 is 0 Å². The van der Waals surface area contributed by atoms with E-state index in [1.807, 2.05) is 6.07 Å². The Morgan fingerprint density at radius 2 is 1.88 bits per heavy atom. The van der Waals surface area contributed by atoms with Crippen LogP contribution in [0.3, 0.4) is 0 Å². The van der Waals surface area contributed by atoms with Crippen LogP contribution < -0.4 is 5.32 Å². The molecule has 0 amide bonds. The molecule has 0 aliphatic carbocycles. The first-order valence-corrected chi connectivity index (χ1v) is 6.16. The average Bonchev–Trinajstić information content (AvgIpc) is 2.27. The molecule has 0 fully saturated rings. The molecule has 1 N–H and O–H groups in total. The summed E-state index contributed by atoms with van der Waals surface area (Å²) >= 11 is 0. The summed E-state index contributed by atoms with van der Waals surface area (Å²) in [6.07, 6.45) is 0. The molecule has 0 aliphatic heterocycles. The van der Waals surface area contributed by atoms with Crippen molar-refractivity contribution in [1.29, 1.82) is 0 Å². The first-order valence-electron chi connectivity index (χ1n) is 6.16. The van der Waals surface area contributed by atoms with Crippen LogP contribution in [0.2, 0.25) is 0 Å². The third-order valence-electron chi connectivity index (χ3n) is 2.88. The van der Waals surface area contributed by atoms with Crippen LogP contribution in [0.5, 0.6) is 0 Å². The average molecular weight is 228 g/mol. The number of hydrogen-bond acceptors (Lipinski definition) is 2. The number of anilines is 1. The number of rotatable bonds is 2. The summed E-state index contributed by atoms with van der Waals surface area (Å²) in [5.41, 5.74) is 2.43. The molecule has 1 heterocycles. The fourth-order valence-corrected chi connectivity index (χ4v) is 1.99. The fraction of sp³-hybridized carbons (Fsp3) is 0.400. The maximum absolute atomic E-state index is 4.72. The van der Waals surface area contributed by atoms with Crippen LogP contribution in [0.4, 0.5) is 5.82 Å². The van der Waals surface area contributed by atoms with Gasteiger partial charge >= 0.3 is 0 Å². The minimum absolute atomic E-state index is 0.106. The van der Waals surface area contributed by atoms with Gasteiger partial charge in [0.05, 0.1) is 5.52 Å². The van der Waals surface area contributed by atoms with Crippen LogP contribution in [-0.2, 0) is 5.41 Å². The van der Waals surface area contributed by atoms with E-state index in [0.29, 0.717) is 0 Å². The molecule has 2 heteroatoms. The molecule has 0 atom stereocenters. The Bertz CT molecular complexity index is 524. The van der Waals surface area contributed by atoms with E-state index in [0.717, 1.165) is 17.9 Å². The Kier molecular flexibility index (Phi) is 3.05. The molecule has 2 rings (SSSR count). The summed E-state index contributed by atoms with van der Waals surface area (Å²) in [7, 11) is 0. The van der Waals surface area contributed by atoms with E-state index >= 15 is 0 Å². The lowest BCUT2D eigenvalue weighted by atomic mass is 9.86. The zero-order valence-corrected chi connectivity index (χ0v) is 11.0. The maximum atomic E-state index is 4.72. The molecule has 1 aromatic carbocycles. The fourth-order valence-electron chi connectivity index (χ4n) is 1.99. The highest BCUT2D eigenvalue weighted by Crippen LogP contribution is 2.30. The van der Waals surface area contributed by atoms with Crippen molar-refractivity contribution >= 4 is 16.7 Å². The van der Waals surface area contributed by atoms with Crippen molar-refractivity contribution in [3.8, 4) is 0 Å². The van der Waals surface area contributed by atoms with Crippen molar-refractivity contribution in [2.24, 2.45) is 0 Å². The molecule has 0 saturated heterocycles. The Morgan fingerprint density at radius 3 is 2.53 bits per heavy atom. The SMILES string of the molecule is CCNc1nc2ccccc2cc1C(C)(C)C. The largest absolute Gasteiger partial charge is 0.370 e. The second-order valence-electron chi connectivity index (χ2n) is 5.36. The van der Waals surface area contributed by atoms with Gasteiger partial charge < -0.3 is 5.32 Å². The third kappa shape index (κ3) is 2.41. The van der Waals surface area contributed by atoms with E-state index in [1.54, 1.807) is 0 Å². The highest BCUT2D eigenvalue weighted by atomic mass is 15.0. The molecule has 0 unspecified atom stereocenters. The zero-order valence-electron chi connectivity index (χ0n) is 11.0. The van der Waals surface area contributed by atoms with Gasteiger partial charge in [0.25, 0.3) is 0 Å². The van der Waals surface area contributed by atoms with E-state index in [-0.39, 0.29) is 5.41 Å². The number of fused-ring (bicyclic) bond motifs is 1. The molecule has 1 aromatic heterocycles. The summed E-state index contributed by atoms with van der Waals surface area (Å²) in [6.45, 7) is 9.66. The normalized spacial score (nSPS) is 11.8. The first-order chi connectivity index (χ1) is 8.02. The van der Waals surface area contributed by atoms with Crippen molar-refractivity contribution in [3.05, 3.63) is 35.9 Å². The summed E-state index contributed by atoms with van der Waals surface area (Å²) < 4.78 is 0. The molecule has 90 valence electrons. The van der Waals surface area contributed by atoms with Gasteiger partial charge in [-0.05, 0) is 24.5 Å². The van der Waals surface area contributed by atoms with Gasteiger partial charge in [-0.1, -0.05) is 39.0 Å². The standard InChI is InChI=1S/C15H20N2/c1-5-16-14-12(15(2,3)4)10-11-8-6-7-9-13(11)17-14/h6-10H,5H2,1-4H3,(H,16,17). The lowest BCUT2D eigenvalue weighted by molar-refractivity contribution is 0.590. The van der Waals surface area contributed by atoms with Gasteiger partial charge in [0.2, 0.25) is 0 Å². The molecular weight excluding hydrogens is 208 g/mol. The number of benzene rings is 1. The minimum atomic E-state index is 0.106. The smallest absolute Gasteiger partial charge is 0.130 e. The van der Waals surface area contributed by atoms with Gasteiger partial charge in [0.1, 0.15) is 5.82 Å². The van der Waals surface area contributed by atoms with Crippen LogP contribution in [0.25, 0.3) is 10.9 Å². The number of nitrogens with one attached hydrogen (secondary N) is 1. The van der Waals surface area contributed by atoms with Gasteiger partial charge in [-0.2, -0.15) is 0 Å². The van der Waals surface area contributed by atoms with E-state index < -0.39 is 0 Å². The lowest BCUT2D eigenvalue weighted by Gasteiger charge is -2.23. The molecular formula is C15H20N2. The lowest BCUT2D eigenvalue weighted by Crippen LogP contribution is -2.16. The number of hydrogen-bond donors (Lipinski definition) is 1. The second-order valence-corrected chi connectivity index (χ2v) is 5.36. The molecule has 0 aliphatic rings. The number of nitrogens with zero attached hydrogens (tertiary/aromatic N) is 1. The Hall–Kier alpha value is -1.57. The monoisotopic (exact) mass is 228 g/mol. The van der Waals surface area contributed by atoms with Crippen LogP contribution in [0.15, 0.2) is 30.3 Å². The van der Waals surface area contributed by atoms with Crippen LogP contribution in [-0.4, -0.2) is 11.5 Å². The van der Waals surface area contributed by atoms with Crippen LogP contribution in [0, 0.1) is 0 Å². The molecule has 17 heavy (non-hydrogen) atoms. The van der Waals surface area contributed by atoms with Crippen LogP contribution in [0.1, 0.15) is 33.3 Å². The predicted molar refractivity (Wildman–Crippen MR) is 74.6 cm³/mol. The molecule has 2 aromatic rings. The van der Waals surface area contributed by atoms with Gasteiger partial charge in [-0.15, -0.1) is 0 Å². The quantitative estimate of drug-likeness (QED) is 0.841. The number of para-hydroxylation sites is 1. The highest BCUT2D eigenvalue weighted by Gasteiger charge is 2.19. The van der Waals surface area contributed by atoms with E-state index in [4.69, 9.17) is 4.98 Å². The maximum Gasteiger partial charge on any atom is 0.130 e. The second kappa shape index (κ2) is 4.36. The van der Waals surface area contributed by atoms with Gasteiger partial charge in [-0.3, -0.25) is 0 Å². The molecule has 0 bridgehead atoms. The Balaban J connectivity index is 2.66. The number of pyridine rings is 1. The van der Waals surface area contributed by atoms with Gasteiger partial charge in [0.15, 0.2) is 0 Å². The Morgan fingerprint density at radius 1 is 1.18 bits per heavy atom. The topological polar surface area (TPSA) is 24.9 Å². The summed E-state index contributed by atoms with van der Waals surface area (Å²) in [5, 5.41) is 4.57. The summed E-state index contributed by atoms with van der Waals surface area (Å²) in [5.74, 6) is 1.01. The first kappa shape index (κ1) is 11.9. The van der Waals surface area contributed by atoms with Gasteiger partial charge in [-0.25, -0.2) is 4.98 Å². The summed E-state index contributed by atoms with van der Waals surface area (Å²) in [4.78, 5) is 4.72. The predicted octanol–water partition coefficient (Wildman–Crippen LogP) is 3.96. The van der Waals surface area contributed by atoms with Crippen LogP contribution >= 0.6 is 0 Å². The zero-order chi connectivity index (χ0) is 12.5.